The average molecular weight is 319 g/mol. The average Bonchev–Trinajstić information content (AvgIpc) is 3.17. The first-order valence-electron chi connectivity index (χ1n) is 7.86. The highest BCUT2D eigenvalue weighted by molar-refractivity contribution is 7.15. The van der Waals surface area contributed by atoms with E-state index in [1.807, 2.05) is 11.9 Å². The number of rotatable bonds is 3. The number of hydrogen-bond acceptors (Lipinski definition) is 4. The van der Waals surface area contributed by atoms with Gasteiger partial charge in [0.2, 0.25) is 0 Å². The van der Waals surface area contributed by atoms with E-state index in [1.54, 1.807) is 11.3 Å². The number of urea groups is 1. The highest BCUT2D eigenvalue weighted by atomic mass is 32.1. The summed E-state index contributed by atoms with van der Waals surface area (Å²) in [5, 5.41) is 2.06. The van der Waals surface area contributed by atoms with Crippen molar-refractivity contribution < 1.29 is 4.79 Å². The first kappa shape index (κ1) is 14.0. The van der Waals surface area contributed by atoms with Crippen LogP contribution in [0.3, 0.4) is 0 Å². The van der Waals surface area contributed by atoms with Gasteiger partial charge in [-0.25, -0.2) is 9.78 Å². The summed E-state index contributed by atoms with van der Waals surface area (Å²) in [5.41, 5.74) is 1.14. The Labute approximate surface area is 133 Å². The number of nitrogens with zero attached hydrogens (tertiary/aromatic N) is 5. The minimum atomic E-state index is 0.202. The summed E-state index contributed by atoms with van der Waals surface area (Å²) in [6, 6.07) is 0.618. The van der Waals surface area contributed by atoms with Crippen molar-refractivity contribution in [2.45, 2.75) is 25.4 Å². The second-order valence-electron chi connectivity index (χ2n) is 6.23. The van der Waals surface area contributed by atoms with Gasteiger partial charge >= 0.3 is 6.03 Å². The van der Waals surface area contributed by atoms with Gasteiger partial charge in [-0.15, -0.1) is 11.3 Å². The van der Waals surface area contributed by atoms with E-state index in [1.165, 1.54) is 0 Å². The fourth-order valence-electron chi connectivity index (χ4n) is 3.48. The fraction of sp³-hybridized carbons (Fsp3) is 0.600. The molecule has 0 radical (unpaired) electrons. The Kier molecular flexibility index (Phi) is 3.54. The Hall–Kier alpha value is -1.60. The molecule has 2 aliphatic heterocycles. The van der Waals surface area contributed by atoms with Crippen molar-refractivity contribution in [3.63, 3.8) is 0 Å². The van der Waals surface area contributed by atoms with Gasteiger partial charge in [0.05, 0.1) is 5.69 Å². The van der Waals surface area contributed by atoms with Gasteiger partial charge in [0.25, 0.3) is 0 Å². The number of piperidine rings is 1. The number of thiazole rings is 1. The molecule has 2 saturated heterocycles. The summed E-state index contributed by atoms with van der Waals surface area (Å²) in [4.78, 5) is 24.1. The Morgan fingerprint density at radius 1 is 1.27 bits per heavy atom. The maximum atomic E-state index is 12.1. The van der Waals surface area contributed by atoms with Crippen LogP contribution in [0, 0.1) is 0 Å². The normalized spacial score (nSPS) is 21.4. The van der Waals surface area contributed by atoms with Crippen LogP contribution in [0.5, 0.6) is 0 Å². The van der Waals surface area contributed by atoms with Gasteiger partial charge in [0.1, 0.15) is 0 Å². The SMILES string of the molecule is CN1CCN(C2CCN(Cc3cn4ccsc4n3)CC2)C1=O. The van der Waals surface area contributed by atoms with Crippen LogP contribution in [0.1, 0.15) is 18.5 Å². The monoisotopic (exact) mass is 319 g/mol. The second kappa shape index (κ2) is 5.55. The third kappa shape index (κ3) is 2.48. The van der Waals surface area contributed by atoms with Crippen molar-refractivity contribution in [3.8, 4) is 0 Å². The summed E-state index contributed by atoms with van der Waals surface area (Å²) in [6.45, 7) is 4.75. The molecule has 0 atom stereocenters. The molecule has 4 rings (SSSR count). The van der Waals surface area contributed by atoms with Crippen LogP contribution < -0.4 is 0 Å². The highest BCUT2D eigenvalue weighted by Crippen LogP contribution is 2.22. The molecule has 4 heterocycles. The molecule has 2 amide bonds. The molecule has 2 fully saturated rings. The number of hydrogen-bond donors (Lipinski definition) is 0. The smallest absolute Gasteiger partial charge is 0.320 e. The van der Waals surface area contributed by atoms with E-state index in [4.69, 9.17) is 0 Å². The van der Waals surface area contributed by atoms with Crippen LogP contribution in [-0.2, 0) is 6.54 Å². The zero-order chi connectivity index (χ0) is 15.1. The molecule has 0 aromatic carbocycles. The lowest BCUT2D eigenvalue weighted by Crippen LogP contribution is -2.46. The molecule has 0 N–H and O–H groups in total. The zero-order valence-electron chi connectivity index (χ0n) is 12.8. The molecule has 0 unspecified atom stereocenters. The van der Waals surface area contributed by atoms with Crippen LogP contribution in [0.25, 0.3) is 4.96 Å². The summed E-state index contributed by atoms with van der Waals surface area (Å²) in [5.74, 6) is 0. The third-order valence-corrected chi connectivity index (χ3v) is 5.55. The number of likely N-dealkylation sites (N-methyl/N-ethyl adjacent to an activating group) is 1. The number of fused-ring (bicyclic) bond motifs is 1. The molecule has 0 aliphatic carbocycles. The first-order valence-corrected chi connectivity index (χ1v) is 8.74. The zero-order valence-corrected chi connectivity index (χ0v) is 13.6. The van der Waals surface area contributed by atoms with E-state index in [9.17, 15) is 4.79 Å². The van der Waals surface area contributed by atoms with Gasteiger partial charge in [0.15, 0.2) is 4.96 Å². The molecular weight excluding hydrogens is 298 g/mol. The van der Waals surface area contributed by atoms with E-state index in [-0.39, 0.29) is 6.03 Å². The molecule has 0 saturated carbocycles. The van der Waals surface area contributed by atoms with E-state index >= 15 is 0 Å². The molecule has 7 heteroatoms. The van der Waals surface area contributed by atoms with E-state index < -0.39 is 0 Å². The molecule has 0 bridgehead atoms. The Bertz CT molecular complexity index is 644. The van der Waals surface area contributed by atoms with Crippen LogP contribution in [0.2, 0.25) is 0 Å². The van der Waals surface area contributed by atoms with Crippen LogP contribution in [-0.4, -0.2) is 69.4 Å². The number of likely N-dealkylation sites (tertiary alicyclic amines) is 1. The van der Waals surface area contributed by atoms with E-state index in [0.29, 0.717) is 6.04 Å². The molecule has 6 nitrogen and oxygen atoms in total. The van der Waals surface area contributed by atoms with Crippen LogP contribution >= 0.6 is 11.3 Å². The Morgan fingerprint density at radius 2 is 2.09 bits per heavy atom. The lowest BCUT2D eigenvalue weighted by molar-refractivity contribution is 0.127. The second-order valence-corrected chi connectivity index (χ2v) is 7.10. The van der Waals surface area contributed by atoms with Crippen molar-refractivity contribution in [1.29, 1.82) is 0 Å². The lowest BCUT2D eigenvalue weighted by Gasteiger charge is -2.36. The van der Waals surface area contributed by atoms with Gasteiger partial charge < -0.3 is 9.80 Å². The molecule has 2 aromatic rings. The van der Waals surface area contributed by atoms with Crippen molar-refractivity contribution in [3.05, 3.63) is 23.5 Å². The van der Waals surface area contributed by atoms with Gasteiger partial charge in [-0.3, -0.25) is 9.30 Å². The lowest BCUT2D eigenvalue weighted by atomic mass is 10.0. The summed E-state index contributed by atoms with van der Waals surface area (Å²) in [6.07, 6.45) is 6.32. The number of carbonyl (C=O) groups excluding carboxylic acids is 1. The number of aromatic nitrogens is 2. The molecular formula is C15H21N5OS. The quantitative estimate of drug-likeness (QED) is 0.865. The highest BCUT2D eigenvalue weighted by Gasteiger charge is 2.33. The van der Waals surface area contributed by atoms with Crippen molar-refractivity contribution in [2.24, 2.45) is 0 Å². The molecule has 118 valence electrons. The van der Waals surface area contributed by atoms with Gasteiger partial charge in [-0.1, -0.05) is 0 Å². The van der Waals surface area contributed by atoms with Crippen LogP contribution in [0.15, 0.2) is 17.8 Å². The maximum Gasteiger partial charge on any atom is 0.320 e. The number of amides is 2. The van der Waals surface area contributed by atoms with Crippen molar-refractivity contribution in [1.82, 2.24) is 24.1 Å². The van der Waals surface area contributed by atoms with Crippen molar-refractivity contribution in [2.75, 3.05) is 33.2 Å². The maximum absolute atomic E-state index is 12.1. The summed E-state index contributed by atoms with van der Waals surface area (Å²) < 4.78 is 2.09. The molecule has 22 heavy (non-hydrogen) atoms. The fourth-order valence-corrected chi connectivity index (χ4v) is 4.20. The predicted molar refractivity (Wildman–Crippen MR) is 86.1 cm³/mol. The van der Waals surface area contributed by atoms with Gasteiger partial charge in [-0.05, 0) is 12.8 Å². The van der Waals surface area contributed by atoms with E-state index in [0.717, 1.165) is 56.2 Å². The van der Waals surface area contributed by atoms with Gasteiger partial charge in [-0.2, -0.15) is 0 Å². The predicted octanol–water partition coefficient (Wildman–Crippen LogP) is 1.73. The Balaban J connectivity index is 1.34. The van der Waals surface area contributed by atoms with Crippen LogP contribution in [0.4, 0.5) is 4.79 Å². The minimum absolute atomic E-state index is 0.202. The molecule has 0 spiro atoms. The number of carbonyl (C=O) groups is 1. The topological polar surface area (TPSA) is 44.1 Å². The Morgan fingerprint density at radius 3 is 2.77 bits per heavy atom. The summed E-state index contributed by atoms with van der Waals surface area (Å²) >= 11 is 1.67. The standard InChI is InChI=1S/C15H21N5OS/c1-17-6-7-20(15(17)21)13-2-4-18(5-3-13)10-12-11-19-8-9-22-14(19)16-12/h8-9,11,13H,2-7,10H2,1H3. The summed E-state index contributed by atoms with van der Waals surface area (Å²) in [7, 11) is 1.89. The van der Waals surface area contributed by atoms with E-state index in [2.05, 4.69) is 37.0 Å². The molecule has 2 aliphatic rings. The minimum Gasteiger partial charge on any atom is -0.326 e. The third-order valence-electron chi connectivity index (χ3n) is 4.78. The molecule has 2 aromatic heterocycles. The largest absolute Gasteiger partial charge is 0.326 e. The number of imidazole rings is 1. The van der Waals surface area contributed by atoms with Crippen molar-refractivity contribution >= 4 is 22.3 Å². The first-order chi connectivity index (χ1) is 10.7. The van der Waals surface area contributed by atoms with Gasteiger partial charge in [0, 0.05) is 63.6 Å².